The van der Waals surface area contributed by atoms with Crippen LogP contribution in [0.4, 0.5) is 0 Å². The maximum absolute atomic E-state index is 12.7. The predicted molar refractivity (Wildman–Crippen MR) is 103 cm³/mol. The van der Waals surface area contributed by atoms with Crippen molar-refractivity contribution in [1.29, 1.82) is 0 Å². The molecule has 3 N–H and O–H groups in total. The van der Waals surface area contributed by atoms with Gasteiger partial charge in [-0.2, -0.15) is 0 Å². The van der Waals surface area contributed by atoms with E-state index in [2.05, 4.69) is 5.32 Å². The third-order valence-electron chi connectivity index (χ3n) is 5.19. The number of hydrogen-bond donors (Lipinski definition) is 2. The van der Waals surface area contributed by atoms with Crippen molar-refractivity contribution >= 4 is 22.8 Å². The highest BCUT2D eigenvalue weighted by Crippen LogP contribution is 2.18. The SMILES string of the molecule is Cn1c(=O)n(CCC(=O)N2CCCC(C(=O)NCCN)C2)c2ccccc21. The van der Waals surface area contributed by atoms with Crippen LogP contribution in [0.3, 0.4) is 0 Å². The lowest BCUT2D eigenvalue weighted by Crippen LogP contribution is -2.46. The zero-order valence-electron chi connectivity index (χ0n) is 15.7. The second kappa shape index (κ2) is 8.39. The molecule has 2 amide bonds. The van der Waals surface area contributed by atoms with Gasteiger partial charge in [0.1, 0.15) is 0 Å². The number of nitrogens with one attached hydrogen (secondary N) is 1. The minimum absolute atomic E-state index is 0.0221. The molecule has 27 heavy (non-hydrogen) atoms. The normalized spacial score (nSPS) is 17.3. The number of nitrogens with zero attached hydrogens (tertiary/aromatic N) is 3. The molecular formula is C19H27N5O3. The number of hydrogen-bond acceptors (Lipinski definition) is 4. The first-order valence-electron chi connectivity index (χ1n) is 9.42. The minimum Gasteiger partial charge on any atom is -0.355 e. The number of carbonyl (C=O) groups is 2. The maximum atomic E-state index is 12.7. The smallest absolute Gasteiger partial charge is 0.328 e. The summed E-state index contributed by atoms with van der Waals surface area (Å²) in [6.07, 6.45) is 1.83. The molecule has 0 saturated carbocycles. The first-order chi connectivity index (χ1) is 13.0. The van der Waals surface area contributed by atoms with Gasteiger partial charge < -0.3 is 16.0 Å². The van der Waals surface area contributed by atoms with Crippen LogP contribution >= 0.6 is 0 Å². The van der Waals surface area contributed by atoms with Crippen LogP contribution in [0.1, 0.15) is 19.3 Å². The van der Waals surface area contributed by atoms with E-state index < -0.39 is 0 Å². The Bertz CT molecular complexity index is 885. The van der Waals surface area contributed by atoms with Crippen LogP contribution in [0.25, 0.3) is 11.0 Å². The molecule has 1 atom stereocenters. The van der Waals surface area contributed by atoms with E-state index in [1.165, 1.54) is 0 Å². The van der Waals surface area contributed by atoms with E-state index in [1.54, 1.807) is 21.1 Å². The van der Waals surface area contributed by atoms with Gasteiger partial charge in [0.2, 0.25) is 11.8 Å². The van der Waals surface area contributed by atoms with Crippen molar-refractivity contribution in [3.63, 3.8) is 0 Å². The highest BCUT2D eigenvalue weighted by molar-refractivity contribution is 5.81. The van der Waals surface area contributed by atoms with Gasteiger partial charge in [0.05, 0.1) is 17.0 Å². The summed E-state index contributed by atoms with van der Waals surface area (Å²) in [7, 11) is 1.73. The molecule has 1 aliphatic heterocycles. The number of amides is 2. The van der Waals surface area contributed by atoms with Crippen LogP contribution in [0.5, 0.6) is 0 Å². The lowest BCUT2D eigenvalue weighted by Gasteiger charge is -2.32. The largest absolute Gasteiger partial charge is 0.355 e. The number of piperidine rings is 1. The number of carbonyl (C=O) groups excluding carboxylic acids is 2. The quantitative estimate of drug-likeness (QED) is 0.746. The Hall–Kier alpha value is -2.61. The summed E-state index contributed by atoms with van der Waals surface area (Å²) in [5.74, 6) is -0.246. The van der Waals surface area contributed by atoms with Crippen LogP contribution < -0.4 is 16.7 Å². The Kier molecular flexibility index (Phi) is 5.95. The molecule has 1 unspecified atom stereocenters. The van der Waals surface area contributed by atoms with Crippen LogP contribution in [-0.2, 0) is 23.2 Å². The topological polar surface area (TPSA) is 102 Å². The van der Waals surface area contributed by atoms with Gasteiger partial charge in [-0.15, -0.1) is 0 Å². The highest BCUT2D eigenvalue weighted by atomic mass is 16.2. The fourth-order valence-corrected chi connectivity index (χ4v) is 3.70. The summed E-state index contributed by atoms with van der Waals surface area (Å²) in [6, 6.07) is 7.56. The monoisotopic (exact) mass is 373 g/mol. The van der Waals surface area contributed by atoms with Crippen molar-refractivity contribution in [3.8, 4) is 0 Å². The number of imidazole rings is 1. The Morgan fingerprint density at radius 2 is 2.00 bits per heavy atom. The van der Waals surface area contributed by atoms with E-state index in [9.17, 15) is 14.4 Å². The van der Waals surface area contributed by atoms with Gasteiger partial charge in [-0.3, -0.25) is 18.7 Å². The average molecular weight is 373 g/mol. The van der Waals surface area contributed by atoms with Gasteiger partial charge in [-0.1, -0.05) is 12.1 Å². The van der Waals surface area contributed by atoms with E-state index in [4.69, 9.17) is 5.73 Å². The van der Waals surface area contributed by atoms with Gasteiger partial charge in [0.15, 0.2) is 0 Å². The molecule has 8 nitrogen and oxygen atoms in total. The van der Waals surface area contributed by atoms with E-state index in [0.29, 0.717) is 32.7 Å². The predicted octanol–water partition coefficient (Wildman–Crippen LogP) is 0.0436. The molecule has 0 spiro atoms. The zero-order chi connectivity index (χ0) is 19.4. The van der Waals surface area contributed by atoms with Gasteiger partial charge in [0, 0.05) is 46.2 Å². The molecule has 2 aromatic rings. The third kappa shape index (κ3) is 4.05. The average Bonchev–Trinajstić information content (AvgIpc) is 2.95. The maximum Gasteiger partial charge on any atom is 0.328 e. The number of rotatable bonds is 6. The second-order valence-corrected chi connectivity index (χ2v) is 6.99. The van der Waals surface area contributed by atoms with E-state index in [1.807, 2.05) is 24.3 Å². The number of aryl methyl sites for hydroxylation is 2. The summed E-state index contributed by atoms with van der Waals surface area (Å²) in [4.78, 5) is 39.0. The van der Waals surface area contributed by atoms with E-state index in [0.717, 1.165) is 23.9 Å². The minimum atomic E-state index is -0.186. The summed E-state index contributed by atoms with van der Waals surface area (Å²) in [5, 5.41) is 2.80. The number of aromatic nitrogens is 2. The highest BCUT2D eigenvalue weighted by Gasteiger charge is 2.28. The number of benzene rings is 1. The molecule has 1 aromatic carbocycles. The van der Waals surface area contributed by atoms with Gasteiger partial charge in [0.25, 0.3) is 0 Å². The van der Waals surface area contributed by atoms with Crippen molar-refractivity contribution in [2.24, 2.45) is 18.7 Å². The lowest BCUT2D eigenvalue weighted by molar-refractivity contribution is -0.135. The molecule has 2 heterocycles. The Labute approximate surface area is 157 Å². The fraction of sp³-hybridized carbons (Fsp3) is 0.526. The number of fused-ring (bicyclic) bond motifs is 1. The number of likely N-dealkylation sites (tertiary alicyclic amines) is 1. The van der Waals surface area contributed by atoms with Gasteiger partial charge in [-0.05, 0) is 25.0 Å². The molecule has 1 fully saturated rings. The molecule has 1 aliphatic rings. The molecule has 146 valence electrons. The molecule has 0 bridgehead atoms. The van der Waals surface area contributed by atoms with E-state index in [-0.39, 0.29) is 29.8 Å². The first-order valence-corrected chi connectivity index (χ1v) is 9.42. The van der Waals surface area contributed by atoms with Crippen molar-refractivity contribution in [3.05, 3.63) is 34.7 Å². The fourth-order valence-electron chi connectivity index (χ4n) is 3.70. The van der Waals surface area contributed by atoms with Crippen LogP contribution in [-0.4, -0.2) is 52.0 Å². The number of nitrogens with two attached hydrogens (primary N) is 1. The van der Waals surface area contributed by atoms with Crippen molar-refractivity contribution in [1.82, 2.24) is 19.4 Å². The lowest BCUT2D eigenvalue weighted by atomic mass is 9.97. The molecule has 1 aromatic heterocycles. The summed E-state index contributed by atoms with van der Waals surface area (Å²) >= 11 is 0. The second-order valence-electron chi connectivity index (χ2n) is 6.99. The van der Waals surface area contributed by atoms with Crippen molar-refractivity contribution in [2.75, 3.05) is 26.2 Å². The van der Waals surface area contributed by atoms with Crippen LogP contribution in [0.15, 0.2) is 29.1 Å². The Morgan fingerprint density at radius 3 is 2.74 bits per heavy atom. The summed E-state index contributed by atoms with van der Waals surface area (Å²) < 4.78 is 3.24. The molecule has 1 saturated heterocycles. The zero-order valence-corrected chi connectivity index (χ0v) is 15.7. The summed E-state index contributed by atoms with van der Waals surface area (Å²) in [5.41, 5.74) is 6.98. The van der Waals surface area contributed by atoms with Gasteiger partial charge in [-0.25, -0.2) is 4.79 Å². The third-order valence-corrected chi connectivity index (χ3v) is 5.19. The molecule has 0 aliphatic carbocycles. The molecule has 3 rings (SSSR count). The standard InChI is InChI=1S/C19H27N5O3/c1-22-15-6-2-3-7-16(15)24(19(22)27)12-8-17(25)23-11-4-5-14(13-23)18(26)21-10-9-20/h2-3,6-7,14H,4-5,8-13,20H2,1H3,(H,21,26). The van der Waals surface area contributed by atoms with Crippen molar-refractivity contribution in [2.45, 2.75) is 25.8 Å². The summed E-state index contributed by atoms with van der Waals surface area (Å²) in [6.45, 7) is 2.28. The van der Waals surface area contributed by atoms with Crippen molar-refractivity contribution < 1.29 is 9.59 Å². The molecular weight excluding hydrogens is 346 g/mol. The Balaban J connectivity index is 1.64. The van der Waals surface area contributed by atoms with Crippen LogP contribution in [0.2, 0.25) is 0 Å². The first kappa shape index (κ1) is 19.2. The van der Waals surface area contributed by atoms with Crippen LogP contribution in [0, 0.1) is 5.92 Å². The molecule has 8 heteroatoms. The number of para-hydroxylation sites is 2. The van der Waals surface area contributed by atoms with E-state index >= 15 is 0 Å². The molecule has 0 radical (unpaired) electrons. The van der Waals surface area contributed by atoms with Gasteiger partial charge >= 0.3 is 5.69 Å². The Morgan fingerprint density at radius 1 is 1.26 bits per heavy atom.